The zero-order valence-electron chi connectivity index (χ0n) is 11.7. The van der Waals surface area contributed by atoms with Gasteiger partial charge in [0.2, 0.25) is 0 Å². The molecule has 1 aliphatic rings. The van der Waals surface area contributed by atoms with Gasteiger partial charge in [-0.05, 0) is 24.8 Å². The minimum atomic E-state index is -0.107. The van der Waals surface area contributed by atoms with Crippen LogP contribution in [0.1, 0.15) is 59.3 Å². The standard InChI is InChI=1S/C15H24O2S/c1-15(2,3)18-14(17)11-13(16)10-9-12-7-5-4-6-8-12/h9-10,12H,4-8,11H2,1-3H3/b10-9+. The van der Waals surface area contributed by atoms with Crippen molar-refractivity contribution in [3.63, 3.8) is 0 Å². The number of carbonyl (C=O) groups excluding carboxylic acids is 2. The van der Waals surface area contributed by atoms with E-state index in [2.05, 4.69) is 0 Å². The van der Waals surface area contributed by atoms with Crippen LogP contribution in [0.4, 0.5) is 0 Å². The quantitative estimate of drug-likeness (QED) is 0.567. The van der Waals surface area contributed by atoms with Gasteiger partial charge < -0.3 is 0 Å². The maximum Gasteiger partial charge on any atom is 0.197 e. The Morgan fingerprint density at radius 3 is 2.33 bits per heavy atom. The van der Waals surface area contributed by atoms with Gasteiger partial charge in [0, 0.05) is 4.75 Å². The second kappa shape index (κ2) is 7.13. The van der Waals surface area contributed by atoms with Crippen LogP contribution in [0.2, 0.25) is 0 Å². The highest BCUT2D eigenvalue weighted by molar-refractivity contribution is 8.14. The lowest BCUT2D eigenvalue weighted by atomic mass is 9.89. The zero-order chi connectivity index (χ0) is 13.6. The van der Waals surface area contributed by atoms with Crippen molar-refractivity contribution in [1.29, 1.82) is 0 Å². The minimum absolute atomic E-state index is 0.0270. The van der Waals surface area contributed by atoms with Crippen LogP contribution in [0.5, 0.6) is 0 Å². The molecule has 0 aliphatic heterocycles. The highest BCUT2D eigenvalue weighted by Gasteiger charge is 2.18. The molecule has 2 nitrogen and oxygen atoms in total. The smallest absolute Gasteiger partial charge is 0.197 e. The van der Waals surface area contributed by atoms with E-state index in [1.165, 1.54) is 43.9 Å². The van der Waals surface area contributed by atoms with E-state index in [0.717, 1.165) is 0 Å². The molecule has 0 unspecified atom stereocenters. The van der Waals surface area contributed by atoms with Gasteiger partial charge in [-0.3, -0.25) is 9.59 Å². The number of rotatable bonds is 4. The Hall–Kier alpha value is -0.570. The summed E-state index contributed by atoms with van der Waals surface area (Å²) < 4.78 is -0.107. The first-order valence-electron chi connectivity index (χ1n) is 6.80. The first-order chi connectivity index (χ1) is 8.37. The third kappa shape index (κ3) is 7.00. The molecule has 1 fully saturated rings. The van der Waals surface area contributed by atoms with Gasteiger partial charge in [0.05, 0.1) is 6.42 Å². The van der Waals surface area contributed by atoms with Crippen LogP contribution in [0.15, 0.2) is 12.2 Å². The van der Waals surface area contributed by atoms with E-state index in [1.807, 2.05) is 26.8 Å². The van der Waals surface area contributed by atoms with Gasteiger partial charge in [-0.2, -0.15) is 0 Å². The summed E-state index contributed by atoms with van der Waals surface area (Å²) in [6, 6.07) is 0. The van der Waals surface area contributed by atoms with Crippen molar-refractivity contribution >= 4 is 22.7 Å². The summed E-state index contributed by atoms with van der Waals surface area (Å²) in [6.07, 6.45) is 9.89. The summed E-state index contributed by atoms with van der Waals surface area (Å²) in [5.41, 5.74) is 0. The van der Waals surface area contributed by atoms with E-state index in [-0.39, 0.29) is 22.1 Å². The molecule has 0 N–H and O–H groups in total. The largest absolute Gasteiger partial charge is 0.294 e. The van der Waals surface area contributed by atoms with Gasteiger partial charge >= 0.3 is 0 Å². The Balaban J connectivity index is 2.32. The molecule has 0 bridgehead atoms. The SMILES string of the molecule is CC(C)(C)SC(=O)CC(=O)/C=C/C1CCCCC1. The molecule has 3 heteroatoms. The van der Waals surface area contributed by atoms with Crippen molar-refractivity contribution in [1.82, 2.24) is 0 Å². The lowest BCUT2D eigenvalue weighted by Gasteiger charge is -2.17. The maximum absolute atomic E-state index is 11.7. The number of allylic oxidation sites excluding steroid dienone is 2. The normalized spacial score (nSPS) is 18.2. The average Bonchev–Trinajstić information content (AvgIpc) is 2.25. The Morgan fingerprint density at radius 2 is 1.78 bits per heavy atom. The van der Waals surface area contributed by atoms with Crippen LogP contribution in [-0.4, -0.2) is 15.6 Å². The van der Waals surface area contributed by atoms with Gasteiger partial charge in [0.25, 0.3) is 0 Å². The fourth-order valence-electron chi connectivity index (χ4n) is 2.15. The predicted molar refractivity (Wildman–Crippen MR) is 77.7 cm³/mol. The van der Waals surface area contributed by atoms with Crippen molar-refractivity contribution in [2.45, 2.75) is 64.0 Å². The Bertz CT molecular complexity index is 320. The van der Waals surface area contributed by atoms with Crippen molar-refractivity contribution in [2.75, 3.05) is 0 Å². The highest BCUT2D eigenvalue weighted by Crippen LogP contribution is 2.26. The molecule has 0 atom stereocenters. The molecule has 0 radical (unpaired) electrons. The molecular formula is C15H24O2S. The summed E-state index contributed by atoms with van der Waals surface area (Å²) in [6.45, 7) is 5.95. The van der Waals surface area contributed by atoms with E-state index in [4.69, 9.17) is 0 Å². The Kier molecular flexibility index (Phi) is 6.13. The van der Waals surface area contributed by atoms with E-state index < -0.39 is 0 Å². The maximum atomic E-state index is 11.7. The van der Waals surface area contributed by atoms with Crippen molar-refractivity contribution in [2.24, 2.45) is 5.92 Å². The molecule has 1 saturated carbocycles. The lowest BCUT2D eigenvalue weighted by Crippen LogP contribution is -2.14. The molecule has 0 amide bonds. The van der Waals surface area contributed by atoms with E-state index >= 15 is 0 Å². The van der Waals surface area contributed by atoms with E-state index in [1.54, 1.807) is 6.08 Å². The fraction of sp³-hybridized carbons (Fsp3) is 0.733. The topological polar surface area (TPSA) is 34.1 Å². The third-order valence-electron chi connectivity index (χ3n) is 2.94. The van der Waals surface area contributed by atoms with Crippen LogP contribution >= 0.6 is 11.8 Å². The summed E-state index contributed by atoms with van der Waals surface area (Å²) in [5, 5.41) is -0.0270. The summed E-state index contributed by atoms with van der Waals surface area (Å²) >= 11 is 1.25. The van der Waals surface area contributed by atoms with Crippen LogP contribution in [0.25, 0.3) is 0 Å². The van der Waals surface area contributed by atoms with Gasteiger partial charge in [0.15, 0.2) is 10.9 Å². The van der Waals surface area contributed by atoms with Crippen LogP contribution in [-0.2, 0) is 9.59 Å². The first-order valence-corrected chi connectivity index (χ1v) is 7.61. The average molecular weight is 268 g/mol. The van der Waals surface area contributed by atoms with Crippen LogP contribution in [0.3, 0.4) is 0 Å². The number of thioether (sulfide) groups is 1. The van der Waals surface area contributed by atoms with E-state index in [9.17, 15) is 9.59 Å². The molecule has 1 aliphatic carbocycles. The number of hydrogen-bond acceptors (Lipinski definition) is 3. The monoisotopic (exact) mass is 268 g/mol. The molecule has 0 heterocycles. The van der Waals surface area contributed by atoms with Crippen molar-refractivity contribution in [3.05, 3.63) is 12.2 Å². The fourth-order valence-corrected chi connectivity index (χ4v) is 3.05. The molecule has 102 valence electrons. The summed E-state index contributed by atoms with van der Waals surface area (Å²) in [7, 11) is 0. The van der Waals surface area contributed by atoms with Crippen LogP contribution < -0.4 is 0 Å². The molecule has 0 aromatic rings. The van der Waals surface area contributed by atoms with Crippen molar-refractivity contribution in [3.8, 4) is 0 Å². The molecule has 1 rings (SSSR count). The molecule has 0 aromatic heterocycles. The second-order valence-electron chi connectivity index (χ2n) is 5.99. The number of carbonyl (C=O) groups is 2. The van der Waals surface area contributed by atoms with Gasteiger partial charge in [0.1, 0.15) is 0 Å². The molecule has 0 aromatic carbocycles. The Morgan fingerprint density at radius 1 is 1.17 bits per heavy atom. The summed E-state index contributed by atoms with van der Waals surface area (Å²) in [5.74, 6) is 0.496. The van der Waals surface area contributed by atoms with Crippen LogP contribution in [0, 0.1) is 5.92 Å². The van der Waals surface area contributed by atoms with Gasteiger partial charge in [-0.25, -0.2) is 0 Å². The molecule has 0 spiro atoms. The lowest BCUT2D eigenvalue weighted by molar-refractivity contribution is -0.120. The highest BCUT2D eigenvalue weighted by atomic mass is 32.2. The number of ketones is 1. The second-order valence-corrected chi connectivity index (χ2v) is 7.87. The molecular weight excluding hydrogens is 244 g/mol. The molecule has 18 heavy (non-hydrogen) atoms. The molecule has 0 saturated heterocycles. The van der Waals surface area contributed by atoms with Crippen molar-refractivity contribution < 1.29 is 9.59 Å². The zero-order valence-corrected chi connectivity index (χ0v) is 12.5. The number of hydrogen-bond donors (Lipinski definition) is 0. The predicted octanol–water partition coefficient (Wildman–Crippen LogP) is 4.14. The third-order valence-corrected chi connectivity index (χ3v) is 3.93. The Labute approximate surface area is 115 Å². The first kappa shape index (κ1) is 15.5. The van der Waals surface area contributed by atoms with Gasteiger partial charge in [-0.1, -0.05) is 57.9 Å². The summed E-state index contributed by atoms with van der Waals surface area (Å²) in [4.78, 5) is 23.3. The van der Waals surface area contributed by atoms with Gasteiger partial charge in [-0.15, -0.1) is 0 Å². The minimum Gasteiger partial charge on any atom is -0.294 e. The van der Waals surface area contributed by atoms with E-state index in [0.29, 0.717) is 5.92 Å².